The highest BCUT2D eigenvalue weighted by atomic mass is 35.5. The van der Waals surface area contributed by atoms with Crippen molar-refractivity contribution in [1.82, 2.24) is 0 Å². The molecule has 0 saturated carbocycles. The normalized spacial score (nSPS) is 17.8. The summed E-state index contributed by atoms with van der Waals surface area (Å²) in [6.07, 6.45) is 0. The van der Waals surface area contributed by atoms with E-state index in [0.717, 1.165) is 22.3 Å². The van der Waals surface area contributed by atoms with Crippen molar-refractivity contribution in [2.45, 2.75) is 46.1 Å². The number of hydrogen-bond donors (Lipinski definition) is 1. The SMILES string of the molecule is Cc1ccc(C(C)(C)C)cc1/C(O)=C1\C(=O)C(=O)N(c2ccc(Cl)c(Cl)c2)C1c1ccccc1C. The Hall–Kier alpha value is -3.08. The minimum Gasteiger partial charge on any atom is -0.507 e. The molecule has 1 unspecified atom stereocenters. The zero-order chi connectivity index (χ0) is 25.7. The molecule has 0 radical (unpaired) electrons. The van der Waals surface area contributed by atoms with Gasteiger partial charge in [-0.05, 0) is 65.8 Å². The molecule has 0 spiro atoms. The molecule has 1 aliphatic heterocycles. The lowest BCUT2D eigenvalue weighted by Gasteiger charge is -2.27. The number of Topliss-reactive ketones (excluding diaryl/α,β-unsaturated/α-hetero) is 1. The Morgan fingerprint density at radius 2 is 1.57 bits per heavy atom. The molecule has 4 nitrogen and oxygen atoms in total. The lowest BCUT2D eigenvalue weighted by atomic mass is 9.84. The van der Waals surface area contributed by atoms with Crippen molar-refractivity contribution >= 4 is 46.3 Å². The number of amides is 1. The van der Waals surface area contributed by atoms with Crippen molar-refractivity contribution in [2.75, 3.05) is 4.90 Å². The fourth-order valence-electron chi connectivity index (χ4n) is 4.41. The number of carbonyl (C=O) groups excluding carboxylic acids is 2. The predicted octanol–water partition coefficient (Wildman–Crippen LogP) is 7.53. The first-order chi connectivity index (χ1) is 16.4. The molecule has 35 heavy (non-hydrogen) atoms. The second kappa shape index (κ2) is 9.18. The highest BCUT2D eigenvalue weighted by Crippen LogP contribution is 2.44. The second-order valence-corrected chi connectivity index (χ2v) is 10.7. The Bertz CT molecular complexity index is 1380. The number of ketones is 1. The highest BCUT2D eigenvalue weighted by Gasteiger charge is 2.47. The van der Waals surface area contributed by atoms with Gasteiger partial charge in [-0.15, -0.1) is 0 Å². The van der Waals surface area contributed by atoms with E-state index in [4.69, 9.17) is 23.2 Å². The van der Waals surface area contributed by atoms with Crippen LogP contribution in [0, 0.1) is 13.8 Å². The van der Waals surface area contributed by atoms with Crippen LogP contribution in [-0.4, -0.2) is 16.8 Å². The number of hydrogen-bond acceptors (Lipinski definition) is 3. The number of carbonyl (C=O) groups is 2. The zero-order valence-corrected chi connectivity index (χ0v) is 21.8. The van der Waals surface area contributed by atoms with Gasteiger partial charge >= 0.3 is 0 Å². The van der Waals surface area contributed by atoms with E-state index in [1.807, 2.05) is 56.3 Å². The number of nitrogens with zero attached hydrogens (tertiary/aromatic N) is 1. The minimum absolute atomic E-state index is 0.0459. The van der Waals surface area contributed by atoms with Gasteiger partial charge in [-0.3, -0.25) is 14.5 Å². The lowest BCUT2D eigenvalue weighted by Crippen LogP contribution is -2.29. The molecular weight excluding hydrogens is 481 g/mol. The van der Waals surface area contributed by atoms with Gasteiger partial charge in [0, 0.05) is 11.3 Å². The zero-order valence-electron chi connectivity index (χ0n) is 20.3. The van der Waals surface area contributed by atoms with E-state index in [2.05, 4.69) is 20.8 Å². The van der Waals surface area contributed by atoms with Crippen LogP contribution in [0.5, 0.6) is 0 Å². The quantitative estimate of drug-likeness (QED) is 0.226. The van der Waals surface area contributed by atoms with Gasteiger partial charge in [0.25, 0.3) is 11.7 Å². The van der Waals surface area contributed by atoms with Crippen molar-refractivity contribution in [3.63, 3.8) is 0 Å². The summed E-state index contributed by atoms with van der Waals surface area (Å²) >= 11 is 12.4. The predicted molar refractivity (Wildman–Crippen MR) is 142 cm³/mol. The smallest absolute Gasteiger partial charge is 0.300 e. The third-order valence-corrected chi connectivity index (χ3v) is 7.21. The van der Waals surface area contributed by atoms with Crippen LogP contribution in [0.2, 0.25) is 10.0 Å². The number of aliphatic hydroxyl groups excluding tert-OH is 1. The number of benzene rings is 3. The van der Waals surface area contributed by atoms with Crippen LogP contribution < -0.4 is 4.90 Å². The summed E-state index contributed by atoms with van der Waals surface area (Å²) in [5.74, 6) is -1.67. The van der Waals surface area contributed by atoms with Gasteiger partial charge in [0.15, 0.2) is 0 Å². The maximum Gasteiger partial charge on any atom is 0.300 e. The molecule has 1 heterocycles. The van der Waals surface area contributed by atoms with Crippen molar-refractivity contribution in [3.8, 4) is 0 Å². The summed E-state index contributed by atoms with van der Waals surface area (Å²) in [4.78, 5) is 28.3. The molecule has 1 saturated heterocycles. The van der Waals surface area contributed by atoms with Crippen molar-refractivity contribution in [3.05, 3.63) is 104 Å². The van der Waals surface area contributed by atoms with Crippen LogP contribution in [0.3, 0.4) is 0 Å². The van der Waals surface area contributed by atoms with Gasteiger partial charge in [-0.25, -0.2) is 0 Å². The number of halogens is 2. The molecule has 1 N–H and O–H groups in total. The molecule has 1 fully saturated rings. The Kier molecular flexibility index (Phi) is 6.56. The largest absolute Gasteiger partial charge is 0.507 e. The Labute approximate surface area is 215 Å². The van der Waals surface area contributed by atoms with E-state index in [-0.39, 0.29) is 21.8 Å². The summed E-state index contributed by atoms with van der Waals surface area (Å²) in [5.41, 5.74) is 4.28. The molecule has 1 amide bonds. The first kappa shape index (κ1) is 25.0. The molecule has 4 rings (SSSR count). The standard InChI is InChI=1S/C29H27Cl2NO3/c1-16-8-6-7-9-20(16)25-24(26(33)21-14-18(29(3,4)5)11-10-17(21)2)27(34)28(35)32(25)19-12-13-22(30)23(31)15-19/h6-15,25,33H,1-5H3/b26-24+. The number of rotatable bonds is 3. The fourth-order valence-corrected chi connectivity index (χ4v) is 4.70. The van der Waals surface area contributed by atoms with E-state index in [9.17, 15) is 14.7 Å². The molecule has 180 valence electrons. The molecule has 3 aromatic carbocycles. The van der Waals surface area contributed by atoms with E-state index in [1.54, 1.807) is 18.2 Å². The van der Waals surface area contributed by atoms with Crippen molar-refractivity contribution in [2.24, 2.45) is 0 Å². The van der Waals surface area contributed by atoms with Crippen LogP contribution in [-0.2, 0) is 15.0 Å². The monoisotopic (exact) mass is 507 g/mol. The van der Waals surface area contributed by atoms with Gasteiger partial charge in [0.2, 0.25) is 0 Å². The first-order valence-electron chi connectivity index (χ1n) is 11.3. The minimum atomic E-state index is -0.828. The van der Waals surface area contributed by atoms with Gasteiger partial charge in [-0.1, -0.05) is 80.4 Å². The molecule has 1 aliphatic rings. The molecule has 0 aliphatic carbocycles. The van der Waals surface area contributed by atoms with Gasteiger partial charge in [-0.2, -0.15) is 0 Å². The van der Waals surface area contributed by atoms with Crippen LogP contribution in [0.25, 0.3) is 5.76 Å². The van der Waals surface area contributed by atoms with E-state index in [1.165, 1.54) is 4.90 Å². The molecular formula is C29H27Cl2NO3. The average Bonchev–Trinajstić information content (AvgIpc) is 3.05. The molecule has 0 aromatic heterocycles. The Morgan fingerprint density at radius 3 is 2.20 bits per heavy atom. The molecule has 6 heteroatoms. The van der Waals surface area contributed by atoms with E-state index < -0.39 is 17.7 Å². The molecule has 0 bridgehead atoms. The number of aliphatic hydroxyl groups is 1. The fraction of sp³-hybridized carbons (Fsp3) is 0.241. The van der Waals surface area contributed by atoms with Crippen LogP contribution in [0.15, 0.2) is 66.2 Å². The summed E-state index contributed by atoms with van der Waals surface area (Å²) in [6, 6.07) is 17.3. The summed E-state index contributed by atoms with van der Waals surface area (Å²) < 4.78 is 0. The van der Waals surface area contributed by atoms with Crippen LogP contribution in [0.4, 0.5) is 5.69 Å². The van der Waals surface area contributed by atoms with Crippen molar-refractivity contribution in [1.29, 1.82) is 0 Å². The molecule has 1 atom stereocenters. The van der Waals surface area contributed by atoms with Gasteiger partial charge in [0.1, 0.15) is 5.76 Å². The third kappa shape index (κ3) is 4.49. The number of aryl methyl sites for hydroxylation is 2. The lowest BCUT2D eigenvalue weighted by molar-refractivity contribution is -0.132. The van der Waals surface area contributed by atoms with Crippen LogP contribution >= 0.6 is 23.2 Å². The van der Waals surface area contributed by atoms with E-state index in [0.29, 0.717) is 16.3 Å². The van der Waals surface area contributed by atoms with Gasteiger partial charge in [0.05, 0.1) is 21.7 Å². The highest BCUT2D eigenvalue weighted by molar-refractivity contribution is 6.52. The average molecular weight is 508 g/mol. The second-order valence-electron chi connectivity index (χ2n) is 9.90. The maximum atomic E-state index is 13.5. The molecule has 3 aromatic rings. The van der Waals surface area contributed by atoms with Gasteiger partial charge < -0.3 is 5.11 Å². The van der Waals surface area contributed by atoms with Crippen LogP contribution in [0.1, 0.15) is 54.6 Å². The maximum absolute atomic E-state index is 13.5. The Balaban J connectivity index is 2.01. The topological polar surface area (TPSA) is 57.6 Å². The van der Waals surface area contributed by atoms with E-state index >= 15 is 0 Å². The summed E-state index contributed by atoms with van der Waals surface area (Å²) in [6.45, 7) is 10.0. The first-order valence-corrected chi connectivity index (χ1v) is 12.1. The van der Waals surface area contributed by atoms with Crippen molar-refractivity contribution < 1.29 is 14.7 Å². The number of anilines is 1. The summed E-state index contributed by atoms with van der Waals surface area (Å²) in [7, 11) is 0. The third-order valence-electron chi connectivity index (χ3n) is 6.47. The Morgan fingerprint density at radius 1 is 0.886 bits per heavy atom. The summed E-state index contributed by atoms with van der Waals surface area (Å²) in [5, 5.41) is 12.2.